The van der Waals surface area contributed by atoms with E-state index < -0.39 is 5.91 Å². The maximum Gasteiger partial charge on any atom is 0.274 e. The molecule has 0 aliphatic carbocycles. The van der Waals surface area contributed by atoms with Crippen molar-refractivity contribution in [3.63, 3.8) is 0 Å². The molecule has 0 saturated carbocycles. The summed E-state index contributed by atoms with van der Waals surface area (Å²) in [5.74, 6) is -0.0265. The van der Waals surface area contributed by atoms with Crippen LogP contribution < -0.4 is 10.6 Å². The molecule has 26 heavy (non-hydrogen) atoms. The second kappa shape index (κ2) is 7.90. The highest BCUT2D eigenvalue weighted by atomic mass is 16.1. The fourth-order valence-electron chi connectivity index (χ4n) is 2.45. The fraction of sp³-hybridized carbons (Fsp3) is 0.100. The summed E-state index contributed by atoms with van der Waals surface area (Å²) >= 11 is 0. The predicted molar refractivity (Wildman–Crippen MR) is 99.6 cm³/mol. The predicted octanol–water partition coefficient (Wildman–Crippen LogP) is 3.52. The number of anilines is 2. The van der Waals surface area contributed by atoms with Crippen LogP contribution in [0, 0.1) is 18.3 Å². The quantitative estimate of drug-likeness (QED) is 0.739. The van der Waals surface area contributed by atoms with E-state index in [-0.39, 0.29) is 5.69 Å². The summed E-state index contributed by atoms with van der Waals surface area (Å²) in [7, 11) is 0. The molecule has 3 rings (SSSR count). The highest BCUT2D eigenvalue weighted by Crippen LogP contribution is 2.15. The van der Waals surface area contributed by atoms with E-state index in [4.69, 9.17) is 5.26 Å². The number of hydrogen-bond acceptors (Lipinski definition) is 5. The van der Waals surface area contributed by atoms with Gasteiger partial charge in [0.2, 0.25) is 5.95 Å². The average Bonchev–Trinajstić information content (AvgIpc) is 2.67. The van der Waals surface area contributed by atoms with Crippen molar-refractivity contribution in [2.45, 2.75) is 13.5 Å². The largest absolute Gasteiger partial charge is 0.350 e. The number of amides is 1. The van der Waals surface area contributed by atoms with Gasteiger partial charge in [0.1, 0.15) is 11.8 Å². The number of aryl methyl sites for hydroxylation is 1. The minimum absolute atomic E-state index is 0.222. The third-order valence-corrected chi connectivity index (χ3v) is 3.72. The lowest BCUT2D eigenvalue weighted by Gasteiger charge is -2.08. The van der Waals surface area contributed by atoms with Crippen LogP contribution in [-0.2, 0) is 6.54 Å². The number of nitriles is 1. The second-order valence-electron chi connectivity index (χ2n) is 5.72. The number of benzene rings is 2. The topological polar surface area (TPSA) is 90.7 Å². The van der Waals surface area contributed by atoms with Crippen molar-refractivity contribution in [2.75, 3.05) is 10.6 Å². The Balaban J connectivity index is 1.70. The third-order valence-electron chi connectivity index (χ3n) is 3.72. The zero-order valence-electron chi connectivity index (χ0n) is 14.2. The number of carbonyl (C=O) groups excluding carboxylic acids is 1. The van der Waals surface area contributed by atoms with E-state index in [1.807, 2.05) is 31.2 Å². The van der Waals surface area contributed by atoms with Crippen LogP contribution in [0.25, 0.3) is 0 Å². The van der Waals surface area contributed by atoms with Gasteiger partial charge in [0, 0.05) is 12.7 Å². The molecule has 0 aliphatic heterocycles. The first kappa shape index (κ1) is 17.1. The molecule has 6 heteroatoms. The lowest BCUT2D eigenvalue weighted by Crippen LogP contribution is -2.16. The van der Waals surface area contributed by atoms with Gasteiger partial charge in [0.05, 0.1) is 11.3 Å². The lowest BCUT2D eigenvalue weighted by molar-refractivity contribution is 0.102. The Kier molecular flexibility index (Phi) is 5.20. The van der Waals surface area contributed by atoms with Gasteiger partial charge in [-0.05, 0) is 30.7 Å². The van der Waals surface area contributed by atoms with Crippen molar-refractivity contribution in [1.82, 2.24) is 9.97 Å². The SMILES string of the molecule is Cc1cccc(CNc2nccc(C(=O)Nc3ccccc3C#N)n2)c1. The molecule has 0 fully saturated rings. The number of aromatic nitrogens is 2. The van der Waals surface area contributed by atoms with Crippen LogP contribution in [0.4, 0.5) is 11.6 Å². The van der Waals surface area contributed by atoms with E-state index in [0.717, 1.165) is 5.56 Å². The van der Waals surface area contributed by atoms with Crippen molar-refractivity contribution < 1.29 is 4.79 Å². The van der Waals surface area contributed by atoms with E-state index >= 15 is 0 Å². The fourth-order valence-corrected chi connectivity index (χ4v) is 2.45. The summed E-state index contributed by atoms with van der Waals surface area (Å²) in [5.41, 5.74) is 3.35. The smallest absolute Gasteiger partial charge is 0.274 e. The maximum atomic E-state index is 12.4. The minimum Gasteiger partial charge on any atom is -0.350 e. The van der Waals surface area contributed by atoms with Gasteiger partial charge in [-0.25, -0.2) is 9.97 Å². The molecule has 2 aromatic carbocycles. The second-order valence-corrected chi connectivity index (χ2v) is 5.72. The highest BCUT2D eigenvalue weighted by Gasteiger charge is 2.11. The van der Waals surface area contributed by atoms with Crippen LogP contribution in [0.1, 0.15) is 27.2 Å². The van der Waals surface area contributed by atoms with Gasteiger partial charge in [0.25, 0.3) is 5.91 Å². The van der Waals surface area contributed by atoms with Crippen molar-refractivity contribution in [3.05, 3.63) is 83.2 Å². The number of carbonyl (C=O) groups is 1. The van der Waals surface area contributed by atoms with Gasteiger partial charge < -0.3 is 10.6 Å². The molecular formula is C20H17N5O. The Morgan fingerprint density at radius 1 is 1.15 bits per heavy atom. The van der Waals surface area contributed by atoms with Crippen LogP contribution in [0.3, 0.4) is 0 Å². The normalized spacial score (nSPS) is 10.0. The van der Waals surface area contributed by atoms with E-state index in [1.54, 1.807) is 24.3 Å². The van der Waals surface area contributed by atoms with Crippen LogP contribution in [-0.4, -0.2) is 15.9 Å². The summed E-state index contributed by atoms with van der Waals surface area (Å²) in [4.78, 5) is 20.8. The van der Waals surface area contributed by atoms with E-state index in [2.05, 4.69) is 26.7 Å². The summed E-state index contributed by atoms with van der Waals surface area (Å²) in [5, 5.41) is 14.9. The number of para-hydroxylation sites is 1. The number of nitrogens with zero attached hydrogens (tertiary/aromatic N) is 3. The van der Waals surface area contributed by atoms with Gasteiger partial charge in [-0.2, -0.15) is 5.26 Å². The zero-order valence-corrected chi connectivity index (χ0v) is 14.2. The van der Waals surface area contributed by atoms with Crippen LogP contribution >= 0.6 is 0 Å². The molecule has 1 heterocycles. The van der Waals surface area contributed by atoms with Gasteiger partial charge >= 0.3 is 0 Å². The maximum absolute atomic E-state index is 12.4. The van der Waals surface area contributed by atoms with E-state index in [1.165, 1.54) is 17.8 Å². The van der Waals surface area contributed by atoms with Gasteiger partial charge in [-0.3, -0.25) is 4.79 Å². The molecule has 0 radical (unpaired) electrons. The standard InChI is InChI=1S/C20H17N5O/c1-14-5-4-6-15(11-14)13-23-20-22-10-9-18(25-20)19(26)24-17-8-3-2-7-16(17)12-21/h2-11H,13H2,1H3,(H,24,26)(H,22,23,25). The average molecular weight is 343 g/mol. The third kappa shape index (κ3) is 4.22. The Hall–Kier alpha value is -3.72. The summed E-state index contributed by atoms with van der Waals surface area (Å²) in [6.07, 6.45) is 1.52. The van der Waals surface area contributed by atoms with Gasteiger partial charge in [0.15, 0.2) is 0 Å². The molecule has 3 aromatic rings. The summed E-state index contributed by atoms with van der Waals surface area (Å²) < 4.78 is 0. The molecule has 0 bridgehead atoms. The van der Waals surface area contributed by atoms with Crippen LogP contribution in [0.15, 0.2) is 60.8 Å². The molecule has 0 unspecified atom stereocenters. The highest BCUT2D eigenvalue weighted by molar-refractivity contribution is 6.03. The first-order valence-corrected chi connectivity index (χ1v) is 8.08. The van der Waals surface area contributed by atoms with E-state index in [9.17, 15) is 4.79 Å². The molecule has 0 saturated heterocycles. The zero-order chi connectivity index (χ0) is 18.4. The number of hydrogen-bond donors (Lipinski definition) is 2. The van der Waals surface area contributed by atoms with Gasteiger partial charge in [-0.1, -0.05) is 42.0 Å². The van der Waals surface area contributed by atoms with Crippen molar-refractivity contribution in [1.29, 1.82) is 5.26 Å². The molecule has 6 nitrogen and oxygen atoms in total. The van der Waals surface area contributed by atoms with Gasteiger partial charge in [-0.15, -0.1) is 0 Å². The minimum atomic E-state index is -0.395. The molecule has 0 spiro atoms. The first-order valence-electron chi connectivity index (χ1n) is 8.08. The van der Waals surface area contributed by atoms with E-state index in [0.29, 0.717) is 23.7 Å². The Labute approximate surface area is 151 Å². The molecule has 1 aromatic heterocycles. The monoisotopic (exact) mass is 343 g/mol. The number of rotatable bonds is 5. The van der Waals surface area contributed by atoms with Crippen molar-refractivity contribution in [3.8, 4) is 6.07 Å². The summed E-state index contributed by atoms with van der Waals surface area (Å²) in [6, 6.07) is 18.5. The molecule has 128 valence electrons. The molecular weight excluding hydrogens is 326 g/mol. The van der Waals surface area contributed by atoms with Crippen LogP contribution in [0.2, 0.25) is 0 Å². The number of nitrogens with one attached hydrogen (secondary N) is 2. The summed E-state index contributed by atoms with van der Waals surface area (Å²) in [6.45, 7) is 2.59. The molecule has 0 atom stereocenters. The molecule has 0 aliphatic rings. The lowest BCUT2D eigenvalue weighted by atomic mass is 10.1. The molecule has 2 N–H and O–H groups in total. The Morgan fingerprint density at radius 3 is 2.81 bits per heavy atom. The van der Waals surface area contributed by atoms with Crippen molar-refractivity contribution in [2.24, 2.45) is 0 Å². The first-order chi connectivity index (χ1) is 12.7. The Bertz CT molecular complexity index is 978. The van der Waals surface area contributed by atoms with Crippen LogP contribution in [0.5, 0.6) is 0 Å². The van der Waals surface area contributed by atoms with Crippen molar-refractivity contribution >= 4 is 17.5 Å². The molecule has 1 amide bonds. The Morgan fingerprint density at radius 2 is 2.00 bits per heavy atom.